The molecule has 200 valence electrons. The summed E-state index contributed by atoms with van der Waals surface area (Å²) in [6.07, 6.45) is 15.6. The molecule has 3 aliphatic carbocycles. The average Bonchev–Trinajstić information content (AvgIpc) is 2.75. The van der Waals surface area contributed by atoms with Crippen LogP contribution in [0.4, 0.5) is 13.2 Å². The third kappa shape index (κ3) is 9.68. The summed E-state index contributed by atoms with van der Waals surface area (Å²) < 4.78 is 41.7. The lowest BCUT2D eigenvalue weighted by molar-refractivity contribution is -0.195. The normalized spacial score (nSPS) is 35.0. The standard InChI is InChI=1S/C27H47F3.3H2O/c1-3-5-9-20-11-7-13-22(15-20)24-17-25(19-26(18-24)27(28,29)30)23-14-8-12-21(16-23)10-6-4-2;;;/h20-26H,3-19H2,1-2H3;3*1H2. The minimum absolute atomic E-state index is 0. The summed E-state index contributed by atoms with van der Waals surface area (Å²) in [5.41, 5.74) is 0. The molecule has 3 fully saturated rings. The molecule has 0 amide bonds. The van der Waals surface area contributed by atoms with Gasteiger partial charge in [0.2, 0.25) is 0 Å². The van der Waals surface area contributed by atoms with E-state index in [4.69, 9.17) is 0 Å². The van der Waals surface area contributed by atoms with Gasteiger partial charge in [0.05, 0.1) is 5.92 Å². The number of unbranched alkanes of at least 4 members (excludes halogenated alkanes) is 2. The van der Waals surface area contributed by atoms with E-state index in [-0.39, 0.29) is 16.4 Å². The van der Waals surface area contributed by atoms with Crippen molar-refractivity contribution in [3.8, 4) is 0 Å². The number of hydrogen-bond acceptors (Lipinski definition) is 0. The van der Waals surface area contributed by atoms with Crippen molar-refractivity contribution < 1.29 is 29.6 Å². The highest BCUT2D eigenvalue weighted by Crippen LogP contribution is 2.52. The fraction of sp³-hybridized carbons (Fsp3) is 1.00. The largest absolute Gasteiger partial charge is 0.412 e. The minimum Gasteiger partial charge on any atom is -0.412 e. The van der Waals surface area contributed by atoms with E-state index in [1.165, 1.54) is 89.9 Å². The Morgan fingerprint density at radius 1 is 0.576 bits per heavy atom. The van der Waals surface area contributed by atoms with E-state index in [2.05, 4.69) is 13.8 Å². The first-order valence-corrected chi connectivity index (χ1v) is 13.5. The van der Waals surface area contributed by atoms with Crippen LogP contribution in [0, 0.1) is 41.4 Å². The first kappa shape index (κ1) is 32.7. The van der Waals surface area contributed by atoms with Gasteiger partial charge < -0.3 is 16.4 Å². The summed E-state index contributed by atoms with van der Waals surface area (Å²) >= 11 is 0. The topological polar surface area (TPSA) is 94.5 Å². The van der Waals surface area contributed by atoms with Crippen molar-refractivity contribution in [2.24, 2.45) is 41.4 Å². The minimum atomic E-state index is -4.00. The summed E-state index contributed by atoms with van der Waals surface area (Å²) in [5.74, 6) is 2.31. The van der Waals surface area contributed by atoms with Gasteiger partial charge in [0, 0.05) is 0 Å². The van der Waals surface area contributed by atoms with E-state index < -0.39 is 12.1 Å². The number of halogens is 3. The van der Waals surface area contributed by atoms with Crippen LogP contribution in [-0.2, 0) is 0 Å². The molecule has 0 heterocycles. The molecule has 6 heteroatoms. The predicted molar refractivity (Wildman–Crippen MR) is 131 cm³/mol. The Morgan fingerprint density at radius 2 is 1.00 bits per heavy atom. The van der Waals surface area contributed by atoms with E-state index in [1.54, 1.807) is 0 Å². The molecule has 3 nitrogen and oxygen atoms in total. The zero-order chi connectivity index (χ0) is 21.6. The Morgan fingerprint density at radius 3 is 1.36 bits per heavy atom. The van der Waals surface area contributed by atoms with Crippen LogP contribution in [0.5, 0.6) is 0 Å². The molecule has 0 aromatic heterocycles. The second kappa shape index (κ2) is 15.6. The molecule has 0 spiro atoms. The van der Waals surface area contributed by atoms with Crippen molar-refractivity contribution >= 4 is 0 Å². The summed E-state index contributed by atoms with van der Waals surface area (Å²) in [6, 6.07) is 0. The van der Waals surface area contributed by atoms with Crippen LogP contribution in [0.3, 0.4) is 0 Å². The maximum absolute atomic E-state index is 13.9. The van der Waals surface area contributed by atoms with Gasteiger partial charge in [0.25, 0.3) is 0 Å². The van der Waals surface area contributed by atoms with Gasteiger partial charge in [-0.3, -0.25) is 0 Å². The van der Waals surface area contributed by atoms with Gasteiger partial charge in [0.15, 0.2) is 0 Å². The highest BCUT2D eigenvalue weighted by molar-refractivity contribution is 4.91. The first-order valence-electron chi connectivity index (χ1n) is 13.5. The molecule has 0 aromatic rings. The van der Waals surface area contributed by atoms with Crippen LogP contribution in [0.1, 0.15) is 123 Å². The summed E-state index contributed by atoms with van der Waals surface area (Å²) in [6.45, 7) is 4.50. The Kier molecular flexibility index (Phi) is 15.5. The highest BCUT2D eigenvalue weighted by Gasteiger charge is 2.48. The van der Waals surface area contributed by atoms with Crippen molar-refractivity contribution in [1.82, 2.24) is 0 Å². The van der Waals surface area contributed by atoms with Crippen LogP contribution in [0.15, 0.2) is 0 Å². The monoisotopic (exact) mass is 482 g/mol. The highest BCUT2D eigenvalue weighted by atomic mass is 19.4. The van der Waals surface area contributed by atoms with Crippen LogP contribution in [-0.4, -0.2) is 22.6 Å². The van der Waals surface area contributed by atoms with E-state index in [9.17, 15) is 13.2 Å². The SMILES string of the molecule is CCCCC1CCCC(C2CC(C3CCCC(CCCC)C3)CC(C(F)(F)F)C2)C1.O.O.O. The van der Waals surface area contributed by atoms with Crippen molar-refractivity contribution in [1.29, 1.82) is 0 Å². The molecule has 3 aliphatic rings. The average molecular weight is 483 g/mol. The van der Waals surface area contributed by atoms with Gasteiger partial charge in [0.1, 0.15) is 0 Å². The molecule has 6 N–H and O–H groups in total. The predicted octanol–water partition coefficient (Wildman–Crippen LogP) is 7.10. The van der Waals surface area contributed by atoms with Gasteiger partial charge in [-0.05, 0) is 67.6 Å². The van der Waals surface area contributed by atoms with Crippen molar-refractivity contribution in [2.75, 3.05) is 0 Å². The third-order valence-corrected chi connectivity index (χ3v) is 9.15. The second-order valence-electron chi connectivity index (χ2n) is 11.3. The third-order valence-electron chi connectivity index (χ3n) is 9.15. The van der Waals surface area contributed by atoms with Crippen LogP contribution in [0.2, 0.25) is 0 Å². The number of rotatable bonds is 8. The van der Waals surface area contributed by atoms with Crippen LogP contribution >= 0.6 is 0 Å². The lowest BCUT2D eigenvalue weighted by atomic mass is 9.60. The molecule has 6 unspecified atom stereocenters. The van der Waals surface area contributed by atoms with Gasteiger partial charge in [-0.15, -0.1) is 0 Å². The molecule has 3 rings (SSSR count). The molecule has 0 bridgehead atoms. The quantitative estimate of drug-likeness (QED) is 0.353. The van der Waals surface area contributed by atoms with Gasteiger partial charge >= 0.3 is 6.18 Å². The smallest absolute Gasteiger partial charge is 0.391 e. The van der Waals surface area contributed by atoms with Crippen molar-refractivity contribution in [3.63, 3.8) is 0 Å². The number of hydrogen-bond donors (Lipinski definition) is 0. The van der Waals surface area contributed by atoms with Crippen molar-refractivity contribution in [2.45, 2.75) is 129 Å². The van der Waals surface area contributed by atoms with E-state index >= 15 is 0 Å². The zero-order valence-corrected chi connectivity index (χ0v) is 21.2. The van der Waals surface area contributed by atoms with Gasteiger partial charge in [-0.1, -0.05) is 90.9 Å². The Bertz CT molecular complexity index is 463. The molecular weight excluding hydrogens is 429 g/mol. The molecule has 3 saturated carbocycles. The lowest BCUT2D eigenvalue weighted by Gasteiger charge is -2.45. The van der Waals surface area contributed by atoms with Crippen molar-refractivity contribution in [3.05, 3.63) is 0 Å². The fourth-order valence-electron chi connectivity index (χ4n) is 7.48. The summed E-state index contributed by atoms with van der Waals surface area (Å²) in [5, 5.41) is 0. The Balaban J connectivity index is 0.00000341. The Labute approximate surface area is 200 Å². The fourth-order valence-corrected chi connectivity index (χ4v) is 7.48. The zero-order valence-electron chi connectivity index (χ0n) is 21.2. The van der Waals surface area contributed by atoms with Gasteiger partial charge in [-0.2, -0.15) is 13.2 Å². The summed E-state index contributed by atoms with van der Waals surface area (Å²) in [4.78, 5) is 0. The molecular formula is C27H53F3O3. The van der Waals surface area contributed by atoms with Gasteiger partial charge in [-0.25, -0.2) is 0 Å². The maximum atomic E-state index is 13.9. The van der Waals surface area contributed by atoms with E-state index in [1.807, 2.05) is 0 Å². The molecule has 0 radical (unpaired) electrons. The maximum Gasteiger partial charge on any atom is 0.391 e. The first-order chi connectivity index (χ1) is 14.4. The van der Waals surface area contributed by atoms with E-state index in [0.717, 1.165) is 18.3 Å². The Hall–Kier alpha value is -0.330. The van der Waals surface area contributed by atoms with Crippen LogP contribution in [0.25, 0.3) is 0 Å². The molecule has 0 aromatic carbocycles. The summed E-state index contributed by atoms with van der Waals surface area (Å²) in [7, 11) is 0. The number of alkyl halides is 3. The lowest BCUT2D eigenvalue weighted by Crippen LogP contribution is -2.39. The molecule has 0 aliphatic heterocycles. The second-order valence-corrected chi connectivity index (χ2v) is 11.3. The molecule has 6 atom stereocenters. The van der Waals surface area contributed by atoms with Crippen LogP contribution < -0.4 is 0 Å². The van der Waals surface area contributed by atoms with E-state index in [0.29, 0.717) is 36.5 Å². The molecule has 33 heavy (non-hydrogen) atoms. The molecule has 0 saturated heterocycles.